The Morgan fingerprint density at radius 1 is 1.50 bits per heavy atom. The molecule has 1 aliphatic rings. The predicted molar refractivity (Wildman–Crippen MR) is 87.1 cm³/mol. The number of halogens is 1. The smallest absolute Gasteiger partial charge is 0.272 e. The quantitative estimate of drug-likeness (QED) is 0.884. The summed E-state index contributed by atoms with van der Waals surface area (Å²) in [7, 11) is 0. The third kappa shape index (κ3) is 2.94. The lowest BCUT2D eigenvalue weighted by Gasteiger charge is -2.25. The van der Waals surface area contributed by atoms with Gasteiger partial charge in [-0.25, -0.2) is 4.98 Å². The van der Waals surface area contributed by atoms with Gasteiger partial charge in [-0.3, -0.25) is 4.79 Å². The molecule has 1 N–H and O–H groups in total. The van der Waals surface area contributed by atoms with Gasteiger partial charge in [0.05, 0.1) is 6.10 Å². The molecule has 1 fully saturated rings. The average Bonchev–Trinajstić information content (AvgIpc) is 2.93. The Morgan fingerprint density at radius 2 is 2.27 bits per heavy atom. The SMILES string of the molecule is CC(O)CC1CCCN1C(=O)c1cc2ccccc2c(Cl)n1. The maximum Gasteiger partial charge on any atom is 0.272 e. The van der Waals surface area contributed by atoms with Crippen LogP contribution in [0.2, 0.25) is 5.15 Å². The molecule has 1 saturated heterocycles. The van der Waals surface area contributed by atoms with Crippen molar-refractivity contribution in [1.29, 1.82) is 0 Å². The summed E-state index contributed by atoms with van der Waals surface area (Å²) in [6, 6.07) is 9.51. The van der Waals surface area contributed by atoms with E-state index in [-0.39, 0.29) is 11.9 Å². The van der Waals surface area contributed by atoms with Gasteiger partial charge < -0.3 is 10.0 Å². The maximum atomic E-state index is 12.8. The van der Waals surface area contributed by atoms with Gasteiger partial charge >= 0.3 is 0 Å². The lowest BCUT2D eigenvalue weighted by atomic mass is 10.1. The highest BCUT2D eigenvalue weighted by molar-refractivity contribution is 6.34. The number of hydrogen-bond donors (Lipinski definition) is 1. The number of likely N-dealkylation sites (tertiary alicyclic amines) is 1. The molecule has 5 heteroatoms. The number of amides is 1. The second-order valence-corrected chi connectivity index (χ2v) is 6.26. The van der Waals surface area contributed by atoms with Crippen LogP contribution in [-0.2, 0) is 0 Å². The van der Waals surface area contributed by atoms with Gasteiger partial charge in [0.25, 0.3) is 5.91 Å². The molecule has 3 rings (SSSR count). The van der Waals surface area contributed by atoms with Crippen molar-refractivity contribution in [3.05, 3.63) is 41.2 Å². The van der Waals surface area contributed by atoms with Crippen LogP contribution in [0.4, 0.5) is 0 Å². The summed E-state index contributed by atoms with van der Waals surface area (Å²) in [5.74, 6) is -0.101. The van der Waals surface area contributed by atoms with Crippen LogP contribution in [0.25, 0.3) is 10.8 Å². The first-order chi connectivity index (χ1) is 10.6. The number of aliphatic hydroxyl groups is 1. The Morgan fingerprint density at radius 3 is 3.05 bits per heavy atom. The van der Waals surface area contributed by atoms with Crippen LogP contribution in [-0.4, -0.2) is 39.6 Å². The van der Waals surface area contributed by atoms with Crippen molar-refractivity contribution >= 4 is 28.3 Å². The molecule has 0 spiro atoms. The summed E-state index contributed by atoms with van der Waals surface area (Å²) in [6.45, 7) is 2.47. The molecule has 1 amide bonds. The number of hydrogen-bond acceptors (Lipinski definition) is 3. The number of benzene rings is 1. The normalized spacial score (nSPS) is 19.6. The van der Waals surface area contributed by atoms with E-state index in [0.29, 0.717) is 23.8 Å². The zero-order valence-corrected chi connectivity index (χ0v) is 13.3. The van der Waals surface area contributed by atoms with Crippen LogP contribution < -0.4 is 0 Å². The molecule has 1 aromatic carbocycles. The molecule has 1 aliphatic heterocycles. The molecule has 2 heterocycles. The van der Waals surface area contributed by atoms with E-state index in [4.69, 9.17) is 11.6 Å². The van der Waals surface area contributed by atoms with Gasteiger partial charge in [0, 0.05) is 18.0 Å². The van der Waals surface area contributed by atoms with Gasteiger partial charge in [0.15, 0.2) is 0 Å². The lowest BCUT2D eigenvalue weighted by Crippen LogP contribution is -2.37. The summed E-state index contributed by atoms with van der Waals surface area (Å²) >= 11 is 6.21. The molecule has 22 heavy (non-hydrogen) atoms. The highest BCUT2D eigenvalue weighted by Gasteiger charge is 2.31. The van der Waals surface area contributed by atoms with Gasteiger partial charge in [0.2, 0.25) is 0 Å². The van der Waals surface area contributed by atoms with E-state index >= 15 is 0 Å². The van der Waals surface area contributed by atoms with Gasteiger partial charge in [-0.15, -0.1) is 0 Å². The first-order valence-corrected chi connectivity index (χ1v) is 7.98. The summed E-state index contributed by atoms with van der Waals surface area (Å²) in [5, 5.41) is 11.7. The molecular formula is C17H19ClN2O2. The number of aliphatic hydroxyl groups excluding tert-OH is 1. The molecule has 4 nitrogen and oxygen atoms in total. The number of carbonyl (C=O) groups is 1. The van der Waals surface area contributed by atoms with Crippen molar-refractivity contribution in [1.82, 2.24) is 9.88 Å². The standard InChI is InChI=1S/C17H19ClN2O2/c1-11(21)9-13-6-4-8-20(13)17(22)15-10-12-5-2-3-7-14(12)16(18)19-15/h2-3,5,7,10-11,13,21H,4,6,8-9H2,1H3. The van der Waals surface area contributed by atoms with E-state index in [2.05, 4.69) is 4.98 Å². The number of carbonyl (C=O) groups excluding carboxylic acids is 1. The van der Waals surface area contributed by atoms with Crippen LogP contribution in [0.1, 0.15) is 36.7 Å². The summed E-state index contributed by atoms with van der Waals surface area (Å²) in [5.41, 5.74) is 0.376. The summed E-state index contributed by atoms with van der Waals surface area (Å²) < 4.78 is 0. The van der Waals surface area contributed by atoms with Crippen molar-refractivity contribution in [2.45, 2.75) is 38.3 Å². The first kappa shape index (κ1) is 15.3. The minimum Gasteiger partial charge on any atom is -0.393 e. The van der Waals surface area contributed by atoms with E-state index in [1.54, 1.807) is 13.0 Å². The summed E-state index contributed by atoms with van der Waals surface area (Å²) in [6.07, 6.45) is 2.08. The molecule has 0 radical (unpaired) electrons. The maximum absolute atomic E-state index is 12.8. The molecule has 1 aromatic heterocycles. The fourth-order valence-electron chi connectivity index (χ4n) is 3.15. The minimum atomic E-state index is -0.411. The molecule has 2 unspecified atom stereocenters. The number of fused-ring (bicyclic) bond motifs is 1. The topological polar surface area (TPSA) is 53.4 Å². The van der Waals surface area contributed by atoms with E-state index in [1.165, 1.54) is 0 Å². The Hall–Kier alpha value is -1.65. The van der Waals surface area contributed by atoms with Crippen molar-refractivity contribution in [2.75, 3.05) is 6.54 Å². The zero-order valence-electron chi connectivity index (χ0n) is 12.5. The monoisotopic (exact) mass is 318 g/mol. The highest BCUT2D eigenvalue weighted by Crippen LogP contribution is 2.26. The molecular weight excluding hydrogens is 300 g/mol. The van der Waals surface area contributed by atoms with Crippen molar-refractivity contribution in [3.63, 3.8) is 0 Å². The van der Waals surface area contributed by atoms with E-state index in [0.717, 1.165) is 23.6 Å². The van der Waals surface area contributed by atoms with E-state index in [9.17, 15) is 9.90 Å². The lowest BCUT2D eigenvalue weighted by molar-refractivity contribution is 0.0676. The zero-order chi connectivity index (χ0) is 15.7. The van der Waals surface area contributed by atoms with Crippen LogP contribution in [0.5, 0.6) is 0 Å². The van der Waals surface area contributed by atoms with Crippen molar-refractivity contribution in [3.8, 4) is 0 Å². The molecule has 0 aliphatic carbocycles. The number of nitrogens with zero attached hydrogens (tertiary/aromatic N) is 2. The minimum absolute atomic E-state index is 0.0829. The number of pyridine rings is 1. The van der Waals surface area contributed by atoms with Crippen molar-refractivity contribution < 1.29 is 9.90 Å². The number of rotatable bonds is 3. The Kier molecular flexibility index (Phi) is 4.32. The second kappa shape index (κ2) is 6.23. The first-order valence-electron chi connectivity index (χ1n) is 7.60. The van der Waals surface area contributed by atoms with Crippen LogP contribution >= 0.6 is 11.6 Å². The van der Waals surface area contributed by atoms with Gasteiger partial charge in [-0.05, 0) is 37.6 Å². The average molecular weight is 319 g/mol. The van der Waals surface area contributed by atoms with E-state index in [1.807, 2.05) is 29.2 Å². The van der Waals surface area contributed by atoms with Crippen molar-refractivity contribution in [2.24, 2.45) is 0 Å². The third-order valence-electron chi connectivity index (χ3n) is 4.16. The molecule has 0 saturated carbocycles. The second-order valence-electron chi connectivity index (χ2n) is 5.90. The fourth-order valence-corrected chi connectivity index (χ4v) is 3.42. The molecule has 2 aromatic rings. The number of aromatic nitrogens is 1. The van der Waals surface area contributed by atoms with Gasteiger partial charge in [0.1, 0.15) is 10.8 Å². The van der Waals surface area contributed by atoms with E-state index < -0.39 is 6.10 Å². The van der Waals surface area contributed by atoms with Crippen LogP contribution in [0.3, 0.4) is 0 Å². The van der Waals surface area contributed by atoms with Gasteiger partial charge in [-0.2, -0.15) is 0 Å². The molecule has 2 atom stereocenters. The van der Waals surface area contributed by atoms with Crippen LogP contribution in [0, 0.1) is 0 Å². The largest absolute Gasteiger partial charge is 0.393 e. The Bertz CT molecular complexity index is 702. The Balaban J connectivity index is 1.91. The van der Waals surface area contributed by atoms with Gasteiger partial charge in [-0.1, -0.05) is 35.9 Å². The predicted octanol–water partition coefficient (Wildman–Crippen LogP) is 3.26. The fraction of sp³-hybridized carbons (Fsp3) is 0.412. The third-order valence-corrected chi connectivity index (χ3v) is 4.45. The summed E-state index contributed by atoms with van der Waals surface area (Å²) in [4.78, 5) is 18.8. The Labute approximate surface area is 134 Å². The highest BCUT2D eigenvalue weighted by atomic mass is 35.5. The molecule has 116 valence electrons. The molecule has 0 bridgehead atoms. The van der Waals surface area contributed by atoms with Crippen LogP contribution in [0.15, 0.2) is 30.3 Å².